The predicted molar refractivity (Wildman–Crippen MR) is 46.7 cm³/mol. The van der Waals surface area contributed by atoms with Crippen molar-refractivity contribution < 1.29 is 22.6 Å². The summed E-state index contributed by atoms with van der Waals surface area (Å²) in [5.41, 5.74) is -0.287. The number of methoxy groups -OCH3 is 1. The highest BCUT2D eigenvalue weighted by molar-refractivity contribution is 5.45. The summed E-state index contributed by atoms with van der Waals surface area (Å²) in [6.45, 7) is 0.456. The molecule has 5 heteroatoms. The molecule has 1 aromatic carbocycles. The fourth-order valence-electron chi connectivity index (χ4n) is 1.49. The third kappa shape index (κ3) is 1.92. The second-order valence-corrected chi connectivity index (χ2v) is 3.25. The molecule has 0 aromatic heterocycles. The summed E-state index contributed by atoms with van der Waals surface area (Å²) < 4.78 is 47.5. The van der Waals surface area contributed by atoms with Gasteiger partial charge in [-0.3, -0.25) is 0 Å². The third-order valence-electron chi connectivity index (χ3n) is 2.24. The van der Waals surface area contributed by atoms with E-state index < -0.39 is 11.7 Å². The van der Waals surface area contributed by atoms with Crippen LogP contribution in [0.2, 0.25) is 0 Å². The Morgan fingerprint density at radius 1 is 1.40 bits per heavy atom. The van der Waals surface area contributed by atoms with Crippen molar-refractivity contribution in [1.29, 1.82) is 0 Å². The second kappa shape index (κ2) is 3.41. The fraction of sp³-hybridized carbons (Fsp3) is 0.400. The van der Waals surface area contributed by atoms with Crippen molar-refractivity contribution in [2.45, 2.75) is 12.3 Å². The molecule has 1 saturated heterocycles. The van der Waals surface area contributed by atoms with E-state index in [0.717, 1.165) is 6.07 Å². The van der Waals surface area contributed by atoms with Crippen molar-refractivity contribution in [3.63, 3.8) is 0 Å². The van der Waals surface area contributed by atoms with Gasteiger partial charge in [0.15, 0.2) is 0 Å². The molecule has 82 valence electrons. The van der Waals surface area contributed by atoms with Crippen molar-refractivity contribution in [3.05, 3.63) is 29.3 Å². The van der Waals surface area contributed by atoms with Gasteiger partial charge in [-0.2, -0.15) is 13.2 Å². The first-order valence-electron chi connectivity index (χ1n) is 4.39. The van der Waals surface area contributed by atoms with Gasteiger partial charge in [-0.1, -0.05) is 12.1 Å². The topological polar surface area (TPSA) is 21.8 Å². The summed E-state index contributed by atoms with van der Waals surface area (Å²) in [6, 6.07) is 3.96. The summed E-state index contributed by atoms with van der Waals surface area (Å²) >= 11 is 0. The lowest BCUT2D eigenvalue weighted by atomic mass is 10.1. The van der Waals surface area contributed by atoms with Crippen LogP contribution in [-0.4, -0.2) is 13.7 Å². The zero-order chi connectivity index (χ0) is 11.1. The minimum Gasteiger partial charge on any atom is -0.496 e. The van der Waals surface area contributed by atoms with Gasteiger partial charge in [0.05, 0.1) is 19.3 Å². The van der Waals surface area contributed by atoms with Crippen LogP contribution in [0.3, 0.4) is 0 Å². The molecule has 15 heavy (non-hydrogen) atoms. The van der Waals surface area contributed by atoms with Gasteiger partial charge in [0.1, 0.15) is 11.9 Å². The molecule has 0 unspecified atom stereocenters. The lowest BCUT2D eigenvalue weighted by Crippen LogP contribution is -2.08. The molecule has 2 rings (SSSR count). The molecule has 1 aliphatic heterocycles. The highest BCUT2D eigenvalue weighted by atomic mass is 19.4. The average molecular weight is 218 g/mol. The first-order chi connectivity index (χ1) is 7.04. The molecule has 1 atom stereocenters. The van der Waals surface area contributed by atoms with E-state index in [1.54, 1.807) is 6.07 Å². The standard InChI is InChI=1S/C10H9F3O2/c1-14-9-6(8-5-15-8)3-2-4-7(9)10(11,12)13/h2-4,8H,5H2,1H3/t8-/m0/s1. The number of rotatable bonds is 2. The number of para-hydroxylation sites is 1. The van der Waals surface area contributed by atoms with Gasteiger partial charge in [0.25, 0.3) is 0 Å². The van der Waals surface area contributed by atoms with E-state index in [-0.39, 0.29) is 11.9 Å². The summed E-state index contributed by atoms with van der Waals surface area (Å²) in [6.07, 6.45) is -4.64. The first-order valence-corrected chi connectivity index (χ1v) is 4.39. The van der Waals surface area contributed by atoms with Crippen molar-refractivity contribution in [2.24, 2.45) is 0 Å². The Morgan fingerprint density at radius 3 is 2.53 bits per heavy atom. The van der Waals surface area contributed by atoms with E-state index in [1.165, 1.54) is 13.2 Å². The maximum Gasteiger partial charge on any atom is 0.419 e. The molecule has 1 aromatic rings. The Hall–Kier alpha value is -1.23. The minimum absolute atomic E-state index is 0.132. The SMILES string of the molecule is COc1c([C@@H]2CO2)cccc1C(F)(F)F. The zero-order valence-electron chi connectivity index (χ0n) is 7.97. The highest BCUT2D eigenvalue weighted by Gasteiger charge is 2.38. The van der Waals surface area contributed by atoms with Gasteiger partial charge < -0.3 is 9.47 Å². The molecular formula is C10H9F3O2. The summed E-state index contributed by atoms with van der Waals surface area (Å²) in [4.78, 5) is 0. The Morgan fingerprint density at radius 2 is 2.07 bits per heavy atom. The van der Waals surface area contributed by atoms with Crippen molar-refractivity contribution >= 4 is 0 Å². The van der Waals surface area contributed by atoms with E-state index in [0.29, 0.717) is 12.2 Å². The Kier molecular flexibility index (Phi) is 2.34. The summed E-state index contributed by atoms with van der Waals surface area (Å²) in [5.74, 6) is -0.132. The van der Waals surface area contributed by atoms with Crippen LogP contribution in [0.25, 0.3) is 0 Å². The van der Waals surface area contributed by atoms with Gasteiger partial charge in [-0.15, -0.1) is 0 Å². The van der Waals surface area contributed by atoms with Crippen LogP contribution in [0.5, 0.6) is 5.75 Å². The molecule has 1 heterocycles. The van der Waals surface area contributed by atoms with Crippen LogP contribution in [-0.2, 0) is 10.9 Å². The van der Waals surface area contributed by atoms with Crippen molar-refractivity contribution in [2.75, 3.05) is 13.7 Å². The Bertz CT molecular complexity index is 369. The monoisotopic (exact) mass is 218 g/mol. The van der Waals surface area contributed by atoms with Crippen LogP contribution in [0.1, 0.15) is 17.2 Å². The van der Waals surface area contributed by atoms with Crippen molar-refractivity contribution in [1.82, 2.24) is 0 Å². The first kappa shape index (κ1) is 10.3. The molecular weight excluding hydrogens is 209 g/mol. The summed E-state index contributed by atoms with van der Waals surface area (Å²) in [7, 11) is 1.23. The number of halogens is 3. The predicted octanol–water partition coefficient (Wildman–Crippen LogP) is 2.79. The van der Waals surface area contributed by atoms with Gasteiger partial charge in [-0.25, -0.2) is 0 Å². The van der Waals surface area contributed by atoms with Crippen LogP contribution in [0, 0.1) is 0 Å². The van der Waals surface area contributed by atoms with Gasteiger partial charge >= 0.3 is 6.18 Å². The molecule has 0 amide bonds. The quantitative estimate of drug-likeness (QED) is 0.712. The minimum atomic E-state index is -4.39. The maximum absolute atomic E-state index is 12.6. The number of ether oxygens (including phenoxy) is 2. The van der Waals surface area contributed by atoms with E-state index in [2.05, 4.69) is 0 Å². The van der Waals surface area contributed by atoms with Crippen LogP contribution >= 0.6 is 0 Å². The molecule has 0 saturated carbocycles. The largest absolute Gasteiger partial charge is 0.496 e. The Labute approximate surface area is 84.6 Å². The molecule has 0 radical (unpaired) electrons. The lowest BCUT2D eigenvalue weighted by molar-refractivity contribution is -0.138. The lowest BCUT2D eigenvalue weighted by Gasteiger charge is -2.14. The van der Waals surface area contributed by atoms with Gasteiger partial charge in [0.2, 0.25) is 0 Å². The number of alkyl halides is 3. The fourth-order valence-corrected chi connectivity index (χ4v) is 1.49. The van der Waals surface area contributed by atoms with E-state index in [9.17, 15) is 13.2 Å². The van der Waals surface area contributed by atoms with Crippen LogP contribution < -0.4 is 4.74 Å². The van der Waals surface area contributed by atoms with Gasteiger partial charge in [0, 0.05) is 5.56 Å². The van der Waals surface area contributed by atoms with Crippen molar-refractivity contribution in [3.8, 4) is 5.75 Å². The molecule has 2 nitrogen and oxygen atoms in total. The molecule has 0 spiro atoms. The third-order valence-corrected chi connectivity index (χ3v) is 2.24. The van der Waals surface area contributed by atoms with Crippen LogP contribution in [0.4, 0.5) is 13.2 Å². The molecule has 1 fully saturated rings. The smallest absolute Gasteiger partial charge is 0.419 e. The zero-order valence-corrected chi connectivity index (χ0v) is 7.97. The molecule has 0 bridgehead atoms. The number of hydrogen-bond donors (Lipinski definition) is 0. The average Bonchev–Trinajstić information content (AvgIpc) is 2.98. The Balaban J connectivity index is 2.50. The van der Waals surface area contributed by atoms with E-state index >= 15 is 0 Å². The number of benzene rings is 1. The van der Waals surface area contributed by atoms with E-state index in [1.807, 2.05) is 0 Å². The molecule has 1 aliphatic rings. The molecule has 0 aliphatic carbocycles. The number of epoxide rings is 1. The highest BCUT2D eigenvalue weighted by Crippen LogP contribution is 2.43. The van der Waals surface area contributed by atoms with Gasteiger partial charge in [-0.05, 0) is 6.07 Å². The molecule has 0 N–H and O–H groups in total. The number of hydrogen-bond acceptors (Lipinski definition) is 2. The second-order valence-electron chi connectivity index (χ2n) is 3.25. The maximum atomic E-state index is 12.6. The van der Waals surface area contributed by atoms with E-state index in [4.69, 9.17) is 9.47 Å². The van der Waals surface area contributed by atoms with Crippen LogP contribution in [0.15, 0.2) is 18.2 Å². The normalized spacial score (nSPS) is 20.1. The summed E-state index contributed by atoms with van der Waals surface area (Å²) in [5, 5.41) is 0.